The molecule has 1 atom stereocenters. The van der Waals surface area contributed by atoms with Crippen molar-refractivity contribution >= 4 is 39.1 Å². The smallest absolute Gasteiger partial charge is 0.238 e. The Kier molecular flexibility index (Phi) is 5.54. The molecule has 1 unspecified atom stereocenters. The quantitative estimate of drug-likeness (QED) is 0.834. The van der Waals surface area contributed by atoms with E-state index in [1.165, 1.54) is 6.92 Å². The zero-order chi connectivity index (χ0) is 14.6. The number of rotatable bonds is 4. The molecule has 0 bridgehead atoms. The number of aryl methyl sites for hydroxylation is 1. The molecule has 4 nitrogen and oxygen atoms in total. The van der Waals surface area contributed by atoms with Crippen molar-refractivity contribution in [3.05, 3.63) is 23.8 Å². The summed E-state index contributed by atoms with van der Waals surface area (Å²) in [5.74, 6) is -0.0152. The second kappa shape index (κ2) is 6.70. The molecule has 0 radical (unpaired) electrons. The third-order valence-electron chi connectivity index (χ3n) is 2.65. The van der Waals surface area contributed by atoms with Gasteiger partial charge in [-0.25, -0.2) is 0 Å². The normalized spacial score (nSPS) is 12.1. The molecule has 5 heteroatoms. The van der Waals surface area contributed by atoms with E-state index in [4.69, 9.17) is 0 Å². The largest absolute Gasteiger partial charge is 0.326 e. The predicted molar refractivity (Wildman–Crippen MR) is 81.7 cm³/mol. The van der Waals surface area contributed by atoms with Crippen LogP contribution in [0.3, 0.4) is 0 Å². The van der Waals surface area contributed by atoms with Crippen LogP contribution in [0.1, 0.15) is 26.3 Å². The van der Waals surface area contributed by atoms with Crippen LogP contribution in [0.25, 0.3) is 0 Å². The van der Waals surface area contributed by atoms with E-state index in [0.717, 1.165) is 5.56 Å². The summed E-state index contributed by atoms with van der Waals surface area (Å²) in [5, 5.41) is 5.56. The van der Waals surface area contributed by atoms with Crippen molar-refractivity contribution in [1.82, 2.24) is 0 Å². The van der Waals surface area contributed by atoms with E-state index < -0.39 is 0 Å². The van der Waals surface area contributed by atoms with E-state index >= 15 is 0 Å². The van der Waals surface area contributed by atoms with E-state index in [0.29, 0.717) is 11.4 Å². The van der Waals surface area contributed by atoms with Crippen molar-refractivity contribution in [2.75, 3.05) is 10.6 Å². The highest BCUT2D eigenvalue weighted by atomic mass is 79.9. The monoisotopic (exact) mass is 326 g/mol. The number of anilines is 2. The Morgan fingerprint density at radius 2 is 1.84 bits per heavy atom. The fraction of sp³-hybridized carbons (Fsp3) is 0.429. The molecule has 104 valence electrons. The van der Waals surface area contributed by atoms with Crippen molar-refractivity contribution in [2.24, 2.45) is 5.92 Å². The Bertz CT molecular complexity index is 486. The van der Waals surface area contributed by atoms with Crippen LogP contribution in [0, 0.1) is 12.8 Å². The van der Waals surface area contributed by atoms with Crippen LogP contribution in [0.4, 0.5) is 11.4 Å². The molecule has 0 aliphatic heterocycles. The van der Waals surface area contributed by atoms with Gasteiger partial charge in [-0.2, -0.15) is 0 Å². The molecule has 0 aliphatic rings. The molecule has 0 aliphatic carbocycles. The zero-order valence-electron chi connectivity index (χ0n) is 11.6. The highest BCUT2D eigenvalue weighted by Gasteiger charge is 2.19. The van der Waals surface area contributed by atoms with Gasteiger partial charge in [0.1, 0.15) is 0 Å². The standard InChI is InChI=1S/C14H19BrN2O2/c1-8(2)13(15)14(19)17-12-7-11(16-10(4)18)6-5-9(12)3/h5-8,13H,1-4H3,(H,16,18)(H,17,19). The summed E-state index contributed by atoms with van der Waals surface area (Å²) in [6.45, 7) is 7.30. The Hall–Kier alpha value is -1.36. The molecular formula is C14H19BrN2O2. The van der Waals surface area contributed by atoms with Gasteiger partial charge in [-0.15, -0.1) is 0 Å². The lowest BCUT2D eigenvalue weighted by atomic mass is 10.1. The van der Waals surface area contributed by atoms with Crippen molar-refractivity contribution < 1.29 is 9.59 Å². The van der Waals surface area contributed by atoms with Gasteiger partial charge in [0.05, 0.1) is 4.83 Å². The molecule has 0 aromatic heterocycles. The number of carbonyl (C=O) groups is 2. The number of carbonyl (C=O) groups excluding carboxylic acids is 2. The molecule has 0 heterocycles. The molecule has 1 aromatic rings. The SMILES string of the molecule is CC(=O)Nc1ccc(C)c(NC(=O)C(Br)C(C)C)c1. The Morgan fingerprint density at radius 1 is 1.21 bits per heavy atom. The molecule has 0 spiro atoms. The average molecular weight is 327 g/mol. The van der Waals surface area contributed by atoms with Crippen molar-refractivity contribution in [3.8, 4) is 0 Å². The maximum atomic E-state index is 12.0. The topological polar surface area (TPSA) is 58.2 Å². The van der Waals surface area contributed by atoms with Crippen LogP contribution >= 0.6 is 15.9 Å². The van der Waals surface area contributed by atoms with Crippen molar-refractivity contribution in [3.63, 3.8) is 0 Å². The molecule has 2 N–H and O–H groups in total. The summed E-state index contributed by atoms with van der Waals surface area (Å²) in [6.07, 6.45) is 0. The van der Waals surface area contributed by atoms with Crippen molar-refractivity contribution in [2.45, 2.75) is 32.5 Å². The van der Waals surface area contributed by atoms with E-state index in [1.807, 2.05) is 26.8 Å². The minimum Gasteiger partial charge on any atom is -0.326 e. The Labute approximate surface area is 122 Å². The average Bonchev–Trinajstić information content (AvgIpc) is 2.31. The highest BCUT2D eigenvalue weighted by Crippen LogP contribution is 2.22. The predicted octanol–water partition coefficient (Wildman–Crippen LogP) is 3.31. The molecule has 19 heavy (non-hydrogen) atoms. The molecule has 0 fully saturated rings. The van der Waals surface area contributed by atoms with Crippen LogP contribution in [0.2, 0.25) is 0 Å². The van der Waals surface area contributed by atoms with Crippen LogP contribution < -0.4 is 10.6 Å². The number of benzene rings is 1. The maximum Gasteiger partial charge on any atom is 0.238 e. The van der Waals surface area contributed by atoms with Gasteiger partial charge in [-0.05, 0) is 30.5 Å². The number of alkyl halides is 1. The van der Waals surface area contributed by atoms with E-state index in [2.05, 4.69) is 26.6 Å². The fourth-order valence-electron chi connectivity index (χ4n) is 1.54. The van der Waals surface area contributed by atoms with E-state index in [1.54, 1.807) is 12.1 Å². The van der Waals surface area contributed by atoms with Crippen LogP contribution in [-0.2, 0) is 9.59 Å². The van der Waals surface area contributed by atoms with Crippen LogP contribution in [-0.4, -0.2) is 16.6 Å². The summed E-state index contributed by atoms with van der Waals surface area (Å²) in [7, 11) is 0. The number of nitrogens with one attached hydrogen (secondary N) is 2. The van der Waals surface area contributed by atoms with Gasteiger partial charge in [0.25, 0.3) is 0 Å². The van der Waals surface area contributed by atoms with Gasteiger partial charge in [0.2, 0.25) is 11.8 Å². The summed E-state index contributed by atoms with van der Waals surface area (Å²) >= 11 is 3.37. The first kappa shape index (κ1) is 15.7. The number of halogens is 1. The van der Waals surface area contributed by atoms with Crippen molar-refractivity contribution in [1.29, 1.82) is 0 Å². The first-order valence-corrected chi connectivity index (χ1v) is 7.06. The van der Waals surface area contributed by atoms with Crippen LogP contribution in [0.15, 0.2) is 18.2 Å². The van der Waals surface area contributed by atoms with E-state index in [9.17, 15) is 9.59 Å². The molecule has 0 saturated heterocycles. The third kappa shape index (κ3) is 4.67. The lowest BCUT2D eigenvalue weighted by molar-refractivity contribution is -0.116. The van der Waals surface area contributed by atoms with Gasteiger partial charge >= 0.3 is 0 Å². The summed E-state index contributed by atoms with van der Waals surface area (Å²) in [4.78, 5) is 22.8. The molecule has 0 saturated carbocycles. The summed E-state index contributed by atoms with van der Waals surface area (Å²) in [5.41, 5.74) is 2.33. The molecular weight excluding hydrogens is 308 g/mol. The molecule has 1 aromatic carbocycles. The highest BCUT2D eigenvalue weighted by molar-refractivity contribution is 9.10. The van der Waals surface area contributed by atoms with Gasteiger partial charge in [-0.3, -0.25) is 9.59 Å². The van der Waals surface area contributed by atoms with Gasteiger partial charge in [0.15, 0.2) is 0 Å². The van der Waals surface area contributed by atoms with Gasteiger partial charge < -0.3 is 10.6 Å². The van der Waals surface area contributed by atoms with Gasteiger partial charge in [-0.1, -0.05) is 35.8 Å². The maximum absolute atomic E-state index is 12.0. The lowest BCUT2D eigenvalue weighted by Gasteiger charge is -2.16. The first-order chi connectivity index (χ1) is 8.81. The first-order valence-electron chi connectivity index (χ1n) is 6.14. The third-order valence-corrected chi connectivity index (χ3v) is 4.12. The minimum absolute atomic E-state index is 0.0851. The molecule has 1 rings (SSSR count). The number of hydrogen-bond donors (Lipinski definition) is 2. The Morgan fingerprint density at radius 3 is 2.37 bits per heavy atom. The number of hydrogen-bond acceptors (Lipinski definition) is 2. The number of amides is 2. The zero-order valence-corrected chi connectivity index (χ0v) is 13.2. The van der Waals surface area contributed by atoms with Crippen LogP contribution in [0.5, 0.6) is 0 Å². The van der Waals surface area contributed by atoms with E-state index in [-0.39, 0.29) is 22.6 Å². The second-order valence-electron chi connectivity index (χ2n) is 4.85. The molecule has 2 amide bonds. The fourth-order valence-corrected chi connectivity index (χ4v) is 1.66. The summed E-state index contributed by atoms with van der Waals surface area (Å²) in [6, 6.07) is 5.43. The second-order valence-corrected chi connectivity index (χ2v) is 5.83. The van der Waals surface area contributed by atoms with Gasteiger partial charge in [0, 0.05) is 18.3 Å². The minimum atomic E-state index is -0.240. The lowest BCUT2D eigenvalue weighted by Crippen LogP contribution is -2.27. The Balaban J connectivity index is 2.88. The summed E-state index contributed by atoms with van der Waals surface area (Å²) < 4.78 is 0.